The van der Waals surface area contributed by atoms with Gasteiger partial charge in [0.2, 0.25) is 0 Å². The van der Waals surface area contributed by atoms with Crippen LogP contribution in [0.3, 0.4) is 0 Å². The fraction of sp³-hybridized carbons (Fsp3) is 0.188. The predicted octanol–water partition coefficient (Wildman–Crippen LogP) is 2.04. The molecule has 114 valence electrons. The van der Waals surface area contributed by atoms with Gasteiger partial charge in [0.25, 0.3) is 0 Å². The summed E-state index contributed by atoms with van der Waals surface area (Å²) in [7, 11) is -3.77. The largest absolute Gasteiger partial charge is 0.573 e. The van der Waals surface area contributed by atoms with Gasteiger partial charge in [-0.2, -0.15) is 5.26 Å². The second kappa shape index (κ2) is 7.07. The second-order valence-corrected chi connectivity index (χ2v) is 6.38. The fourth-order valence-corrected chi connectivity index (χ4v) is 2.91. The van der Waals surface area contributed by atoms with Gasteiger partial charge in [0, 0.05) is 5.56 Å². The molecule has 22 heavy (non-hydrogen) atoms. The van der Waals surface area contributed by atoms with Crippen LogP contribution in [0.25, 0.3) is 4.72 Å². The number of rotatable bonds is 6. The van der Waals surface area contributed by atoms with Gasteiger partial charge in [0.15, 0.2) is 0 Å². The van der Waals surface area contributed by atoms with Crippen LogP contribution in [0.15, 0.2) is 53.4 Å². The van der Waals surface area contributed by atoms with Gasteiger partial charge in [-0.25, -0.2) is 8.42 Å². The smallest absolute Gasteiger partial charge is 0.123 e. The molecule has 0 aliphatic carbocycles. The lowest BCUT2D eigenvalue weighted by atomic mass is 10.2. The van der Waals surface area contributed by atoms with E-state index in [1.165, 1.54) is 6.07 Å². The summed E-state index contributed by atoms with van der Waals surface area (Å²) in [6.07, 6.45) is 0. The van der Waals surface area contributed by atoms with Gasteiger partial charge in [-0.05, 0) is 25.1 Å². The Hall–Kier alpha value is -2.36. The summed E-state index contributed by atoms with van der Waals surface area (Å²) in [5.74, 6) is 0. The molecular formula is C16H17N3O2S. The molecule has 2 aromatic rings. The van der Waals surface area contributed by atoms with E-state index in [2.05, 4.69) is 17.0 Å². The van der Waals surface area contributed by atoms with Crippen LogP contribution in [0.5, 0.6) is 0 Å². The highest BCUT2D eigenvalue weighted by Crippen LogP contribution is 2.28. The molecule has 0 fully saturated rings. The van der Waals surface area contributed by atoms with Crippen molar-refractivity contribution in [3.63, 3.8) is 0 Å². The minimum Gasteiger partial charge on any atom is -0.573 e. The van der Waals surface area contributed by atoms with Crippen molar-refractivity contribution in [2.24, 2.45) is 0 Å². The molecule has 2 aromatic carbocycles. The molecule has 6 heteroatoms. The number of nitrogens with two attached hydrogens (primary N) is 1. The van der Waals surface area contributed by atoms with Gasteiger partial charge in [0.05, 0.1) is 23.1 Å². The summed E-state index contributed by atoms with van der Waals surface area (Å²) in [4.78, 5) is 0.148. The molecule has 2 rings (SSSR count). The average Bonchev–Trinajstić information content (AvgIpc) is 2.53. The van der Waals surface area contributed by atoms with Crippen molar-refractivity contribution >= 4 is 15.7 Å². The van der Waals surface area contributed by atoms with E-state index in [4.69, 9.17) is 5.26 Å². The molecule has 0 amide bonds. The average molecular weight is 315 g/mol. The molecule has 0 aliphatic heterocycles. The zero-order chi connectivity index (χ0) is 16.0. The lowest BCUT2D eigenvalue weighted by Crippen LogP contribution is -2.81. The number of nitrogens with zero attached hydrogens (tertiary/aromatic N) is 2. The first-order chi connectivity index (χ1) is 10.5. The van der Waals surface area contributed by atoms with Crippen LogP contribution in [-0.2, 0) is 16.6 Å². The fourth-order valence-electron chi connectivity index (χ4n) is 1.93. The molecule has 0 saturated carbocycles. The molecule has 0 heterocycles. The third-order valence-corrected chi connectivity index (χ3v) is 4.41. The Balaban J connectivity index is 2.17. The van der Waals surface area contributed by atoms with E-state index in [1.54, 1.807) is 42.5 Å². The summed E-state index contributed by atoms with van der Waals surface area (Å²) in [5.41, 5.74) is 1.69. The Labute approximate surface area is 130 Å². The van der Waals surface area contributed by atoms with Gasteiger partial charge in [-0.1, -0.05) is 30.3 Å². The molecule has 5 nitrogen and oxygen atoms in total. The van der Waals surface area contributed by atoms with E-state index in [-0.39, 0.29) is 10.6 Å². The summed E-state index contributed by atoms with van der Waals surface area (Å²) < 4.78 is 28.3. The maximum Gasteiger partial charge on any atom is 0.123 e. The van der Waals surface area contributed by atoms with Crippen molar-refractivity contribution in [1.82, 2.24) is 0 Å². The molecule has 2 N–H and O–H groups in total. The minimum absolute atomic E-state index is 0.148. The molecule has 0 bridgehead atoms. The summed E-state index contributed by atoms with van der Waals surface area (Å²) in [6, 6.07) is 14.9. The number of hydrogen-bond donors (Lipinski definition) is 1. The Morgan fingerprint density at radius 2 is 1.91 bits per heavy atom. The van der Waals surface area contributed by atoms with E-state index in [9.17, 15) is 8.42 Å². The van der Waals surface area contributed by atoms with Crippen molar-refractivity contribution < 1.29 is 13.7 Å². The highest BCUT2D eigenvalue weighted by Gasteiger charge is 2.05. The molecule has 0 aliphatic rings. The van der Waals surface area contributed by atoms with E-state index < -0.39 is 10.0 Å². The van der Waals surface area contributed by atoms with Crippen molar-refractivity contribution in [2.75, 3.05) is 6.54 Å². The van der Waals surface area contributed by atoms with Crippen molar-refractivity contribution in [3.05, 3.63) is 64.4 Å². The van der Waals surface area contributed by atoms with Crippen LogP contribution in [0.2, 0.25) is 0 Å². The van der Waals surface area contributed by atoms with Gasteiger partial charge in [-0.15, -0.1) is 5.69 Å². The molecular weight excluding hydrogens is 298 g/mol. The Morgan fingerprint density at radius 1 is 1.18 bits per heavy atom. The zero-order valence-electron chi connectivity index (χ0n) is 12.2. The summed E-state index contributed by atoms with van der Waals surface area (Å²) >= 11 is 0. The molecule has 0 atom stereocenters. The number of benzene rings is 2. The topological polar surface area (TPSA) is 88.6 Å². The van der Waals surface area contributed by atoms with E-state index in [1.807, 2.05) is 6.07 Å². The first kappa shape index (κ1) is 16.0. The Morgan fingerprint density at radius 3 is 2.55 bits per heavy atom. The van der Waals surface area contributed by atoms with E-state index in [0.29, 0.717) is 5.56 Å². The van der Waals surface area contributed by atoms with Crippen LogP contribution >= 0.6 is 0 Å². The number of hydrogen-bond acceptors (Lipinski definition) is 3. The van der Waals surface area contributed by atoms with Gasteiger partial charge >= 0.3 is 0 Å². The third-order valence-electron chi connectivity index (χ3n) is 3.09. The highest BCUT2D eigenvalue weighted by molar-refractivity contribution is 7.94. The van der Waals surface area contributed by atoms with Crippen molar-refractivity contribution in [2.45, 2.75) is 18.4 Å². The quantitative estimate of drug-likeness (QED) is 0.884. The predicted molar refractivity (Wildman–Crippen MR) is 84.0 cm³/mol. The standard InChI is InChI=1S/C16H16N3O2S/c1-2-18-12-13-6-8-16(9-7-13)22(20,21)19-15-5-3-4-14(10-15)11-17/h3-10,18H,2,12H2,1H3/q-1/p+1. The second-order valence-electron chi connectivity index (χ2n) is 4.77. The van der Waals surface area contributed by atoms with Crippen LogP contribution in [0, 0.1) is 11.3 Å². The highest BCUT2D eigenvalue weighted by atomic mass is 32.2. The Kier molecular flexibility index (Phi) is 5.15. The molecule has 0 radical (unpaired) electrons. The van der Waals surface area contributed by atoms with E-state index in [0.717, 1.165) is 18.7 Å². The lowest BCUT2D eigenvalue weighted by molar-refractivity contribution is -0.667. The number of quaternary nitrogens is 1. The molecule has 0 spiro atoms. The molecule has 0 aromatic heterocycles. The van der Waals surface area contributed by atoms with Gasteiger partial charge < -0.3 is 10.0 Å². The van der Waals surface area contributed by atoms with Crippen molar-refractivity contribution in [3.8, 4) is 6.07 Å². The first-order valence-corrected chi connectivity index (χ1v) is 8.38. The minimum atomic E-state index is -3.77. The van der Waals surface area contributed by atoms with Crippen LogP contribution in [0.1, 0.15) is 18.1 Å². The first-order valence-electron chi connectivity index (χ1n) is 6.94. The Bertz CT molecular complexity index is 778. The van der Waals surface area contributed by atoms with Crippen LogP contribution in [0.4, 0.5) is 5.69 Å². The number of nitriles is 1. The van der Waals surface area contributed by atoms with E-state index >= 15 is 0 Å². The molecule has 0 saturated heterocycles. The molecule has 0 unspecified atom stereocenters. The SMILES string of the molecule is CC[NH2+]Cc1ccc(S(=O)(=O)[N-]c2cccc(C#N)c2)cc1. The number of sulfonamides is 1. The van der Waals surface area contributed by atoms with Gasteiger partial charge in [0.1, 0.15) is 16.6 Å². The maximum absolute atomic E-state index is 12.3. The van der Waals surface area contributed by atoms with Gasteiger partial charge in [-0.3, -0.25) is 0 Å². The third kappa shape index (κ3) is 4.07. The normalized spacial score (nSPS) is 10.9. The van der Waals surface area contributed by atoms with Crippen LogP contribution < -0.4 is 5.32 Å². The monoisotopic (exact) mass is 315 g/mol. The zero-order valence-corrected chi connectivity index (χ0v) is 13.0. The van der Waals surface area contributed by atoms with Crippen molar-refractivity contribution in [1.29, 1.82) is 5.26 Å². The van der Waals surface area contributed by atoms with Crippen LogP contribution in [-0.4, -0.2) is 15.0 Å². The summed E-state index contributed by atoms with van der Waals surface area (Å²) in [6.45, 7) is 3.86. The maximum atomic E-state index is 12.3. The lowest BCUT2D eigenvalue weighted by Gasteiger charge is -2.22. The summed E-state index contributed by atoms with van der Waals surface area (Å²) in [5, 5.41) is 11.0.